The Kier molecular flexibility index (Phi) is 4.81. The maximum atomic E-state index is 5.85. The zero-order valence-electron chi connectivity index (χ0n) is 20.4. The Labute approximate surface area is 209 Å². The highest BCUT2D eigenvalue weighted by atomic mass is 16.7. The average Bonchev–Trinajstić information content (AvgIpc) is 3.55. The van der Waals surface area contributed by atoms with E-state index in [4.69, 9.17) is 18.9 Å². The number of fused-ring (bicyclic) bond motifs is 6. The van der Waals surface area contributed by atoms with Gasteiger partial charge < -0.3 is 23.9 Å². The van der Waals surface area contributed by atoms with Gasteiger partial charge in [-0.3, -0.25) is 0 Å². The van der Waals surface area contributed by atoms with Crippen molar-refractivity contribution < 1.29 is 23.5 Å². The smallest absolute Gasteiger partial charge is 0.231 e. The number of para-hydroxylation sites is 1. The van der Waals surface area contributed by atoms with Gasteiger partial charge in [0.15, 0.2) is 35.7 Å². The van der Waals surface area contributed by atoms with Crippen molar-refractivity contribution in [3.05, 3.63) is 77.6 Å². The van der Waals surface area contributed by atoms with Gasteiger partial charge in [0.05, 0.1) is 25.2 Å². The fourth-order valence-corrected chi connectivity index (χ4v) is 5.86. The standard InChI is InChI=1S/C30H27N2O4/c1-33-26-10-9-21-22(8-7-19-15-31-25-6-4-3-5-20(19)25)29-23-14-28-27(35-17-36-28)13-18(23)11-12-32(29)16-24(21)30(26)34-2/h3-6,9-10,13-16,31H,7-8,11-12,17H2,1-2H3/q+1. The number of aromatic nitrogens is 2. The molecule has 0 radical (unpaired) electrons. The topological polar surface area (TPSA) is 56.6 Å². The number of nitrogens with one attached hydrogen (secondary N) is 1. The molecule has 0 spiro atoms. The summed E-state index contributed by atoms with van der Waals surface area (Å²) in [6.07, 6.45) is 7.10. The molecule has 7 rings (SSSR count). The maximum absolute atomic E-state index is 5.85. The molecule has 180 valence electrons. The Morgan fingerprint density at radius 2 is 1.78 bits per heavy atom. The summed E-state index contributed by atoms with van der Waals surface area (Å²) in [6.45, 7) is 1.17. The molecule has 0 fully saturated rings. The SMILES string of the molecule is COc1ccc2c(CCc3c[nH]c4ccccc34)c3[n+](cc2c1OC)CCc1cc2c(cc1-3)OCO2. The molecule has 2 aliphatic rings. The third-order valence-corrected chi connectivity index (χ3v) is 7.56. The monoisotopic (exact) mass is 479 g/mol. The summed E-state index contributed by atoms with van der Waals surface area (Å²) >= 11 is 0. The van der Waals surface area contributed by atoms with Gasteiger partial charge in [-0.15, -0.1) is 0 Å². The molecular weight excluding hydrogens is 452 g/mol. The molecular formula is C30H27N2O4+. The zero-order valence-corrected chi connectivity index (χ0v) is 20.4. The van der Waals surface area contributed by atoms with Crippen LogP contribution in [0.15, 0.2) is 60.9 Å². The number of hydrogen-bond donors (Lipinski definition) is 1. The minimum Gasteiger partial charge on any atom is -0.493 e. The summed E-state index contributed by atoms with van der Waals surface area (Å²) in [4.78, 5) is 3.43. The van der Waals surface area contributed by atoms with Gasteiger partial charge in [-0.05, 0) is 54.3 Å². The van der Waals surface area contributed by atoms with Crippen LogP contribution in [0.25, 0.3) is 32.9 Å². The minimum absolute atomic E-state index is 0.278. The molecule has 0 saturated carbocycles. The van der Waals surface area contributed by atoms with Gasteiger partial charge in [0.25, 0.3) is 0 Å². The van der Waals surface area contributed by atoms with Crippen molar-refractivity contribution in [1.82, 2.24) is 4.98 Å². The summed E-state index contributed by atoms with van der Waals surface area (Å²) in [5, 5.41) is 3.53. The number of benzene rings is 3. The summed E-state index contributed by atoms with van der Waals surface area (Å²) in [5.74, 6) is 3.18. The number of nitrogens with zero attached hydrogens (tertiary/aromatic N) is 1. The summed E-state index contributed by atoms with van der Waals surface area (Å²) in [6, 6.07) is 17.0. The Morgan fingerprint density at radius 1 is 0.917 bits per heavy atom. The lowest BCUT2D eigenvalue weighted by atomic mass is 9.88. The van der Waals surface area contributed by atoms with Gasteiger partial charge in [-0.1, -0.05) is 18.2 Å². The summed E-state index contributed by atoms with van der Waals surface area (Å²) < 4.78 is 25.3. The largest absolute Gasteiger partial charge is 0.493 e. The van der Waals surface area contributed by atoms with E-state index in [1.807, 2.05) is 6.07 Å². The Hall–Kier alpha value is -4.19. The van der Waals surface area contributed by atoms with Gasteiger partial charge in [0.2, 0.25) is 12.5 Å². The predicted octanol–water partition coefficient (Wildman–Crippen LogP) is 5.36. The van der Waals surface area contributed by atoms with Crippen LogP contribution < -0.4 is 23.5 Å². The summed E-state index contributed by atoms with van der Waals surface area (Å²) in [7, 11) is 3.40. The highest BCUT2D eigenvalue weighted by Gasteiger charge is 2.32. The van der Waals surface area contributed by atoms with Crippen LogP contribution in [0.3, 0.4) is 0 Å². The first-order valence-corrected chi connectivity index (χ1v) is 12.3. The molecule has 3 aromatic carbocycles. The number of methoxy groups -OCH3 is 2. The Morgan fingerprint density at radius 3 is 2.64 bits per heavy atom. The van der Waals surface area contributed by atoms with E-state index in [0.29, 0.717) is 0 Å². The minimum atomic E-state index is 0.278. The van der Waals surface area contributed by atoms with Crippen LogP contribution in [-0.2, 0) is 25.8 Å². The third-order valence-electron chi connectivity index (χ3n) is 7.56. The number of ether oxygens (including phenoxy) is 4. The number of hydrogen-bond acceptors (Lipinski definition) is 4. The van der Waals surface area contributed by atoms with Crippen molar-refractivity contribution in [1.29, 1.82) is 0 Å². The zero-order chi connectivity index (χ0) is 24.2. The molecule has 0 atom stereocenters. The van der Waals surface area contributed by atoms with E-state index in [0.717, 1.165) is 54.2 Å². The molecule has 6 heteroatoms. The predicted molar refractivity (Wildman–Crippen MR) is 138 cm³/mol. The molecule has 0 amide bonds. The van der Waals surface area contributed by atoms with Crippen LogP contribution in [-0.4, -0.2) is 26.0 Å². The number of pyridine rings is 1. The lowest BCUT2D eigenvalue weighted by molar-refractivity contribution is -0.686. The first-order valence-electron chi connectivity index (χ1n) is 12.3. The van der Waals surface area contributed by atoms with Crippen molar-refractivity contribution in [2.24, 2.45) is 0 Å². The Balaban J connectivity index is 1.45. The second-order valence-corrected chi connectivity index (χ2v) is 9.38. The van der Waals surface area contributed by atoms with Gasteiger partial charge in [-0.25, -0.2) is 0 Å². The maximum Gasteiger partial charge on any atom is 0.231 e. The van der Waals surface area contributed by atoms with Gasteiger partial charge in [0.1, 0.15) is 0 Å². The molecule has 0 saturated heterocycles. The molecule has 1 N–H and O–H groups in total. The van der Waals surface area contributed by atoms with Gasteiger partial charge in [-0.2, -0.15) is 4.57 Å². The molecule has 0 aliphatic carbocycles. The van der Waals surface area contributed by atoms with Crippen molar-refractivity contribution in [2.45, 2.75) is 25.8 Å². The molecule has 2 aliphatic heterocycles. The van der Waals surface area contributed by atoms with E-state index in [-0.39, 0.29) is 6.79 Å². The van der Waals surface area contributed by atoms with Crippen LogP contribution >= 0.6 is 0 Å². The molecule has 0 unspecified atom stereocenters. The van der Waals surface area contributed by atoms with Gasteiger partial charge in [0, 0.05) is 34.5 Å². The van der Waals surface area contributed by atoms with Crippen molar-refractivity contribution in [2.75, 3.05) is 21.0 Å². The van der Waals surface area contributed by atoms with E-state index >= 15 is 0 Å². The second-order valence-electron chi connectivity index (χ2n) is 9.38. The van der Waals surface area contributed by atoms with E-state index in [1.54, 1.807) is 14.2 Å². The van der Waals surface area contributed by atoms with Gasteiger partial charge >= 0.3 is 0 Å². The molecule has 0 bridgehead atoms. The van der Waals surface area contributed by atoms with Crippen LogP contribution in [0, 0.1) is 0 Å². The molecule has 6 nitrogen and oxygen atoms in total. The average molecular weight is 480 g/mol. The van der Waals surface area contributed by atoms with Crippen LogP contribution in [0.5, 0.6) is 23.0 Å². The molecule has 4 heterocycles. The van der Waals surface area contributed by atoms with E-state index in [1.165, 1.54) is 44.2 Å². The second kappa shape index (κ2) is 8.19. The first-order chi connectivity index (χ1) is 17.7. The van der Waals surface area contributed by atoms with Crippen molar-refractivity contribution >= 4 is 21.7 Å². The first kappa shape index (κ1) is 21.1. The lowest BCUT2D eigenvalue weighted by Gasteiger charge is -2.21. The Bertz CT molecular complexity index is 1650. The fourth-order valence-electron chi connectivity index (χ4n) is 5.86. The highest BCUT2D eigenvalue weighted by Crippen LogP contribution is 2.44. The van der Waals surface area contributed by atoms with E-state index < -0.39 is 0 Å². The molecule has 2 aromatic heterocycles. The van der Waals surface area contributed by atoms with E-state index in [2.05, 4.69) is 64.4 Å². The van der Waals surface area contributed by atoms with Crippen molar-refractivity contribution in [3.63, 3.8) is 0 Å². The van der Waals surface area contributed by atoms with E-state index in [9.17, 15) is 0 Å². The van der Waals surface area contributed by atoms with Crippen LogP contribution in [0.2, 0.25) is 0 Å². The fraction of sp³-hybridized carbons (Fsp3) is 0.233. The number of H-pyrrole nitrogens is 1. The van der Waals surface area contributed by atoms with Crippen LogP contribution in [0.4, 0.5) is 0 Å². The quantitative estimate of drug-likeness (QED) is 0.345. The molecule has 5 aromatic rings. The normalized spacial score (nSPS) is 13.6. The number of aromatic amines is 1. The highest BCUT2D eigenvalue weighted by molar-refractivity contribution is 5.95. The van der Waals surface area contributed by atoms with Crippen LogP contribution in [0.1, 0.15) is 16.7 Å². The lowest BCUT2D eigenvalue weighted by Crippen LogP contribution is -2.41. The summed E-state index contributed by atoms with van der Waals surface area (Å²) in [5.41, 5.74) is 7.56. The number of aryl methyl sites for hydroxylation is 4. The number of rotatable bonds is 5. The van der Waals surface area contributed by atoms with Crippen molar-refractivity contribution in [3.8, 4) is 34.3 Å². The third kappa shape index (κ3) is 3.14. The molecule has 36 heavy (non-hydrogen) atoms.